The third-order valence-electron chi connectivity index (χ3n) is 5.66. The summed E-state index contributed by atoms with van der Waals surface area (Å²) < 4.78 is 0. The zero-order valence-corrected chi connectivity index (χ0v) is 17.7. The minimum atomic E-state index is 0.576. The molecule has 27 heavy (non-hydrogen) atoms. The SMILES string of the molecule is CCCCCC1c2ccccc2-c2ccc([Si]c3cc(C)cc(C)c3)cc21. The van der Waals surface area contributed by atoms with E-state index in [2.05, 4.69) is 81.4 Å². The standard InChI is InChI=1S/C26H28Si/c1-4-5-6-9-24-22-10-7-8-11-23(22)25-13-12-20(17-26(24)25)27-21-15-18(2)14-19(3)16-21/h7-8,10-17,24H,4-6,9H2,1-3H3. The van der Waals surface area contributed by atoms with Crippen molar-refractivity contribution in [3.63, 3.8) is 0 Å². The molecule has 1 unspecified atom stereocenters. The van der Waals surface area contributed by atoms with Crippen molar-refractivity contribution in [1.82, 2.24) is 0 Å². The van der Waals surface area contributed by atoms with Crippen LogP contribution in [-0.4, -0.2) is 9.52 Å². The second-order valence-electron chi connectivity index (χ2n) is 7.94. The van der Waals surface area contributed by atoms with E-state index in [-0.39, 0.29) is 0 Å². The van der Waals surface area contributed by atoms with E-state index in [4.69, 9.17) is 0 Å². The molecule has 136 valence electrons. The third-order valence-corrected chi connectivity index (χ3v) is 6.84. The summed E-state index contributed by atoms with van der Waals surface area (Å²) in [5.74, 6) is 0.576. The van der Waals surface area contributed by atoms with Crippen LogP contribution in [0, 0.1) is 13.8 Å². The van der Waals surface area contributed by atoms with Crippen molar-refractivity contribution in [2.24, 2.45) is 0 Å². The fraction of sp³-hybridized carbons (Fsp3) is 0.308. The van der Waals surface area contributed by atoms with E-state index < -0.39 is 0 Å². The minimum absolute atomic E-state index is 0.576. The van der Waals surface area contributed by atoms with Crippen molar-refractivity contribution < 1.29 is 0 Å². The lowest BCUT2D eigenvalue weighted by Gasteiger charge is -2.14. The molecule has 1 heteroatoms. The summed E-state index contributed by atoms with van der Waals surface area (Å²) in [6.07, 6.45) is 5.21. The van der Waals surface area contributed by atoms with Gasteiger partial charge in [0, 0.05) is 5.92 Å². The van der Waals surface area contributed by atoms with Crippen LogP contribution in [0.3, 0.4) is 0 Å². The zero-order chi connectivity index (χ0) is 18.8. The predicted molar refractivity (Wildman–Crippen MR) is 119 cm³/mol. The molecule has 1 aliphatic carbocycles. The number of aryl methyl sites for hydroxylation is 2. The maximum absolute atomic E-state index is 2.50. The summed E-state index contributed by atoms with van der Waals surface area (Å²) in [5, 5.41) is 2.91. The lowest BCUT2D eigenvalue weighted by atomic mass is 9.91. The number of unbranched alkanes of at least 4 members (excludes halogenated alkanes) is 2. The number of hydrogen-bond donors (Lipinski definition) is 0. The van der Waals surface area contributed by atoms with Crippen LogP contribution in [-0.2, 0) is 0 Å². The molecule has 0 aliphatic heterocycles. The lowest BCUT2D eigenvalue weighted by Crippen LogP contribution is -2.28. The van der Waals surface area contributed by atoms with Gasteiger partial charge in [-0.3, -0.25) is 0 Å². The summed E-state index contributed by atoms with van der Waals surface area (Å²) in [6, 6.07) is 23.2. The summed E-state index contributed by atoms with van der Waals surface area (Å²) in [7, 11) is 0.732. The average Bonchev–Trinajstić information content (AvgIpc) is 2.95. The van der Waals surface area contributed by atoms with Crippen LogP contribution in [0.5, 0.6) is 0 Å². The van der Waals surface area contributed by atoms with Gasteiger partial charge in [0.15, 0.2) is 0 Å². The quantitative estimate of drug-likeness (QED) is 0.389. The molecule has 0 saturated carbocycles. The molecule has 0 aromatic heterocycles. The van der Waals surface area contributed by atoms with Crippen LogP contribution in [0.25, 0.3) is 11.1 Å². The maximum Gasteiger partial charge on any atom is 0.121 e. The molecular weight excluding hydrogens is 340 g/mol. The first-order valence-corrected chi connectivity index (χ1v) is 11.2. The van der Waals surface area contributed by atoms with Crippen LogP contribution in [0.1, 0.15) is 60.8 Å². The van der Waals surface area contributed by atoms with Crippen LogP contribution in [0.4, 0.5) is 0 Å². The van der Waals surface area contributed by atoms with Gasteiger partial charge in [0.25, 0.3) is 0 Å². The summed E-state index contributed by atoms with van der Waals surface area (Å²) in [4.78, 5) is 0. The molecule has 0 saturated heterocycles. The van der Waals surface area contributed by atoms with E-state index in [1.807, 2.05) is 0 Å². The molecule has 0 bridgehead atoms. The van der Waals surface area contributed by atoms with Crippen LogP contribution in [0.15, 0.2) is 60.7 Å². The molecule has 3 aromatic rings. The van der Waals surface area contributed by atoms with Gasteiger partial charge in [-0.05, 0) is 42.5 Å². The van der Waals surface area contributed by atoms with Crippen molar-refractivity contribution in [2.75, 3.05) is 0 Å². The number of rotatable bonds is 6. The molecule has 2 radical (unpaired) electrons. The molecule has 0 nitrogen and oxygen atoms in total. The molecule has 4 rings (SSSR count). The molecule has 1 atom stereocenters. The Morgan fingerprint density at radius 2 is 1.48 bits per heavy atom. The van der Waals surface area contributed by atoms with Gasteiger partial charge in [-0.2, -0.15) is 0 Å². The Bertz CT molecular complexity index is 934. The van der Waals surface area contributed by atoms with Crippen molar-refractivity contribution in [3.8, 4) is 11.1 Å². The Kier molecular flexibility index (Phi) is 5.31. The highest BCUT2D eigenvalue weighted by molar-refractivity contribution is 6.67. The van der Waals surface area contributed by atoms with E-state index in [1.165, 1.54) is 63.9 Å². The highest BCUT2D eigenvalue weighted by Gasteiger charge is 2.28. The Labute approximate surface area is 166 Å². The zero-order valence-electron chi connectivity index (χ0n) is 16.7. The molecule has 3 aromatic carbocycles. The van der Waals surface area contributed by atoms with E-state index in [9.17, 15) is 0 Å². The molecular formula is C26H28Si. The van der Waals surface area contributed by atoms with Gasteiger partial charge in [-0.15, -0.1) is 0 Å². The monoisotopic (exact) mass is 368 g/mol. The van der Waals surface area contributed by atoms with Gasteiger partial charge in [-0.1, -0.05) is 108 Å². The molecule has 0 N–H and O–H groups in total. The Morgan fingerprint density at radius 3 is 2.26 bits per heavy atom. The second kappa shape index (κ2) is 7.86. The summed E-state index contributed by atoms with van der Waals surface area (Å²) >= 11 is 0. The van der Waals surface area contributed by atoms with Gasteiger partial charge in [0.05, 0.1) is 0 Å². The molecule has 0 amide bonds. The van der Waals surface area contributed by atoms with Gasteiger partial charge in [0.1, 0.15) is 9.52 Å². The van der Waals surface area contributed by atoms with Gasteiger partial charge in [0.2, 0.25) is 0 Å². The number of fused-ring (bicyclic) bond motifs is 3. The Morgan fingerprint density at radius 1 is 0.741 bits per heavy atom. The Hall–Kier alpha value is -2.12. The number of benzene rings is 3. The average molecular weight is 369 g/mol. The fourth-order valence-electron chi connectivity index (χ4n) is 4.51. The van der Waals surface area contributed by atoms with E-state index in [1.54, 1.807) is 5.56 Å². The van der Waals surface area contributed by atoms with E-state index in [0.717, 1.165) is 9.52 Å². The van der Waals surface area contributed by atoms with Crippen LogP contribution < -0.4 is 10.4 Å². The van der Waals surface area contributed by atoms with Gasteiger partial charge < -0.3 is 0 Å². The highest BCUT2D eigenvalue weighted by Crippen LogP contribution is 2.46. The normalized spacial score (nSPS) is 14.9. The first-order chi connectivity index (χ1) is 13.2. The van der Waals surface area contributed by atoms with Crippen molar-refractivity contribution in [2.45, 2.75) is 52.4 Å². The van der Waals surface area contributed by atoms with E-state index in [0.29, 0.717) is 5.92 Å². The molecule has 0 spiro atoms. The fourth-order valence-corrected chi connectivity index (χ4v) is 5.84. The van der Waals surface area contributed by atoms with Crippen molar-refractivity contribution in [1.29, 1.82) is 0 Å². The van der Waals surface area contributed by atoms with Gasteiger partial charge in [-0.25, -0.2) is 0 Å². The number of hydrogen-bond acceptors (Lipinski definition) is 0. The topological polar surface area (TPSA) is 0 Å². The minimum Gasteiger partial charge on any atom is -0.0654 e. The highest BCUT2D eigenvalue weighted by atomic mass is 28.2. The maximum atomic E-state index is 2.50. The predicted octanol–water partition coefficient (Wildman–Crippen LogP) is 5.65. The van der Waals surface area contributed by atoms with Crippen molar-refractivity contribution in [3.05, 3.63) is 82.9 Å². The smallest absolute Gasteiger partial charge is 0.0654 e. The second-order valence-corrected chi connectivity index (χ2v) is 9.34. The van der Waals surface area contributed by atoms with E-state index >= 15 is 0 Å². The molecule has 0 heterocycles. The largest absolute Gasteiger partial charge is 0.121 e. The van der Waals surface area contributed by atoms with Gasteiger partial charge >= 0.3 is 0 Å². The first kappa shape index (κ1) is 18.2. The first-order valence-electron chi connectivity index (χ1n) is 10.2. The third kappa shape index (κ3) is 3.79. The van der Waals surface area contributed by atoms with Crippen LogP contribution in [0.2, 0.25) is 0 Å². The molecule has 0 fully saturated rings. The van der Waals surface area contributed by atoms with Crippen LogP contribution >= 0.6 is 0 Å². The lowest BCUT2D eigenvalue weighted by molar-refractivity contribution is 0.625. The molecule has 1 aliphatic rings. The van der Waals surface area contributed by atoms with Crippen molar-refractivity contribution >= 4 is 19.9 Å². The summed E-state index contributed by atoms with van der Waals surface area (Å²) in [5.41, 5.74) is 8.74. The Balaban J connectivity index is 1.67. The summed E-state index contributed by atoms with van der Waals surface area (Å²) in [6.45, 7) is 6.69.